The lowest BCUT2D eigenvalue weighted by atomic mass is 10.2. The summed E-state index contributed by atoms with van der Waals surface area (Å²) in [5.74, 6) is -1.01. The van der Waals surface area contributed by atoms with Gasteiger partial charge in [0.15, 0.2) is 0 Å². The van der Waals surface area contributed by atoms with Crippen LogP contribution in [0.4, 0.5) is 4.79 Å². The number of rotatable bonds is 2. The lowest BCUT2D eigenvalue weighted by Crippen LogP contribution is -2.39. The number of carbonyl (C=O) groups excluding carboxylic acids is 3. The molecule has 1 unspecified atom stereocenters. The van der Waals surface area contributed by atoms with E-state index in [-0.39, 0.29) is 6.61 Å². The highest BCUT2D eigenvalue weighted by atomic mass is 16.7. The van der Waals surface area contributed by atoms with Crippen LogP contribution >= 0.6 is 0 Å². The molecular weight excluding hydrogens is 230 g/mol. The highest BCUT2D eigenvalue weighted by Crippen LogP contribution is 2.14. The van der Waals surface area contributed by atoms with Crippen LogP contribution in [0.25, 0.3) is 0 Å². The second-order valence-corrected chi connectivity index (χ2v) is 3.68. The number of carbonyl (C=O) groups is 3. The molecule has 2 aliphatic heterocycles. The number of nitrogens with one attached hydrogen (secondary N) is 1. The summed E-state index contributed by atoms with van der Waals surface area (Å²) in [6, 6.07) is -0.690. The fourth-order valence-electron chi connectivity index (χ4n) is 1.47. The molecule has 1 amide bonds. The summed E-state index contributed by atoms with van der Waals surface area (Å²) < 4.78 is 14.2. The van der Waals surface area contributed by atoms with Crippen LogP contribution in [0.5, 0.6) is 0 Å². The third kappa shape index (κ3) is 2.55. The molecule has 2 rings (SSSR count). The highest BCUT2D eigenvalue weighted by molar-refractivity contribution is 5.90. The Labute approximate surface area is 96.7 Å². The normalized spacial score (nSPS) is 27.2. The van der Waals surface area contributed by atoms with E-state index >= 15 is 0 Å². The standard InChI is InChI=1S/C10H11NO6/c1-5-4-7(16-8(5)12)17-10(14)11-6-2-3-15-9(6)13/h4,6-7H,2-3H2,1H3,(H,11,14)/t6-,7?/m1/s1. The van der Waals surface area contributed by atoms with Crippen LogP contribution < -0.4 is 5.32 Å². The van der Waals surface area contributed by atoms with Gasteiger partial charge in [-0.2, -0.15) is 0 Å². The van der Waals surface area contributed by atoms with E-state index in [9.17, 15) is 14.4 Å². The minimum absolute atomic E-state index is 0.279. The molecule has 92 valence electrons. The Balaban J connectivity index is 1.82. The average Bonchev–Trinajstić information content (AvgIpc) is 2.76. The molecule has 2 aliphatic rings. The predicted octanol–water partition coefficient (Wildman–Crippen LogP) is -0.143. The molecule has 0 radical (unpaired) electrons. The first kappa shape index (κ1) is 11.4. The van der Waals surface area contributed by atoms with Crippen LogP contribution in [0, 0.1) is 0 Å². The predicted molar refractivity (Wildman–Crippen MR) is 52.6 cm³/mol. The maximum Gasteiger partial charge on any atom is 0.411 e. The lowest BCUT2D eigenvalue weighted by molar-refractivity contribution is -0.151. The molecule has 0 saturated carbocycles. The van der Waals surface area contributed by atoms with Crippen LogP contribution in [0.2, 0.25) is 0 Å². The third-order valence-corrected chi connectivity index (χ3v) is 2.38. The van der Waals surface area contributed by atoms with Crippen molar-refractivity contribution in [2.45, 2.75) is 25.7 Å². The van der Waals surface area contributed by atoms with Crippen LogP contribution in [0.15, 0.2) is 11.6 Å². The summed E-state index contributed by atoms with van der Waals surface area (Å²) in [6.07, 6.45) is -0.0557. The van der Waals surface area contributed by atoms with Crippen LogP contribution in [-0.2, 0) is 23.8 Å². The summed E-state index contributed by atoms with van der Waals surface area (Å²) in [5.41, 5.74) is 0.378. The minimum Gasteiger partial charge on any atom is -0.464 e. The van der Waals surface area contributed by atoms with E-state index in [0.29, 0.717) is 12.0 Å². The molecule has 1 saturated heterocycles. The zero-order valence-electron chi connectivity index (χ0n) is 9.10. The van der Waals surface area contributed by atoms with Crippen molar-refractivity contribution in [1.29, 1.82) is 0 Å². The highest BCUT2D eigenvalue weighted by Gasteiger charge is 2.31. The Bertz CT molecular complexity index is 402. The molecule has 7 nitrogen and oxygen atoms in total. The largest absolute Gasteiger partial charge is 0.464 e. The summed E-state index contributed by atoms with van der Waals surface area (Å²) in [7, 11) is 0. The van der Waals surface area contributed by atoms with Crippen molar-refractivity contribution in [3.05, 3.63) is 11.6 Å². The molecule has 0 bridgehead atoms. The van der Waals surface area contributed by atoms with Gasteiger partial charge in [0.1, 0.15) is 6.04 Å². The number of cyclic esters (lactones) is 2. The number of hydrogen-bond acceptors (Lipinski definition) is 6. The maximum absolute atomic E-state index is 11.4. The van der Waals surface area contributed by atoms with Crippen molar-refractivity contribution in [2.75, 3.05) is 6.61 Å². The quantitative estimate of drug-likeness (QED) is 0.676. The van der Waals surface area contributed by atoms with E-state index in [2.05, 4.69) is 10.1 Å². The van der Waals surface area contributed by atoms with Gasteiger partial charge in [-0.1, -0.05) is 0 Å². The van der Waals surface area contributed by atoms with Crippen molar-refractivity contribution in [1.82, 2.24) is 5.32 Å². The number of hydrogen-bond donors (Lipinski definition) is 1. The van der Waals surface area contributed by atoms with Gasteiger partial charge in [-0.15, -0.1) is 0 Å². The fraction of sp³-hybridized carbons (Fsp3) is 0.500. The van der Waals surface area contributed by atoms with Gasteiger partial charge in [0.25, 0.3) is 6.29 Å². The van der Waals surface area contributed by atoms with E-state index in [4.69, 9.17) is 9.47 Å². The number of amides is 1. The van der Waals surface area contributed by atoms with Gasteiger partial charge in [0.2, 0.25) is 0 Å². The number of ether oxygens (including phenoxy) is 3. The van der Waals surface area contributed by atoms with Gasteiger partial charge in [-0.3, -0.25) is 0 Å². The summed E-state index contributed by atoms with van der Waals surface area (Å²) in [4.78, 5) is 33.4. The van der Waals surface area contributed by atoms with Crippen molar-refractivity contribution in [3.63, 3.8) is 0 Å². The van der Waals surface area contributed by atoms with Crippen LogP contribution in [-0.4, -0.2) is 37.0 Å². The molecule has 17 heavy (non-hydrogen) atoms. The molecular formula is C10H11NO6. The maximum atomic E-state index is 11.4. The van der Waals surface area contributed by atoms with Crippen molar-refractivity contribution < 1.29 is 28.6 Å². The molecule has 2 heterocycles. The number of alkyl carbamates (subject to hydrolysis) is 1. The first-order chi connectivity index (χ1) is 8.06. The lowest BCUT2D eigenvalue weighted by Gasteiger charge is -2.12. The second kappa shape index (κ2) is 4.44. The van der Waals surface area contributed by atoms with E-state index in [0.717, 1.165) is 0 Å². The molecule has 2 atom stereocenters. The Morgan fingerprint density at radius 3 is 2.82 bits per heavy atom. The molecule has 0 aromatic carbocycles. The van der Waals surface area contributed by atoms with Crippen LogP contribution in [0.1, 0.15) is 13.3 Å². The second-order valence-electron chi connectivity index (χ2n) is 3.68. The topological polar surface area (TPSA) is 90.9 Å². The Morgan fingerprint density at radius 1 is 1.53 bits per heavy atom. The number of esters is 2. The molecule has 0 aromatic heterocycles. The monoisotopic (exact) mass is 241 g/mol. The molecule has 0 aliphatic carbocycles. The summed E-state index contributed by atoms with van der Waals surface area (Å²) in [5, 5.41) is 2.33. The van der Waals surface area contributed by atoms with Gasteiger partial charge >= 0.3 is 18.0 Å². The van der Waals surface area contributed by atoms with Gasteiger partial charge in [-0.05, 0) is 6.92 Å². The average molecular weight is 241 g/mol. The molecule has 0 spiro atoms. The van der Waals surface area contributed by atoms with E-state index in [1.165, 1.54) is 6.08 Å². The van der Waals surface area contributed by atoms with Gasteiger partial charge < -0.3 is 19.5 Å². The third-order valence-electron chi connectivity index (χ3n) is 2.38. The van der Waals surface area contributed by atoms with Crippen molar-refractivity contribution in [2.24, 2.45) is 0 Å². The summed E-state index contributed by atoms with van der Waals surface area (Å²) in [6.45, 7) is 1.83. The fourth-order valence-corrected chi connectivity index (χ4v) is 1.47. The zero-order chi connectivity index (χ0) is 12.4. The smallest absolute Gasteiger partial charge is 0.411 e. The van der Waals surface area contributed by atoms with E-state index < -0.39 is 30.4 Å². The Hall–Kier alpha value is -2.05. The molecule has 1 N–H and O–H groups in total. The Morgan fingerprint density at radius 2 is 2.29 bits per heavy atom. The first-order valence-corrected chi connectivity index (χ1v) is 5.09. The van der Waals surface area contributed by atoms with Crippen molar-refractivity contribution in [3.8, 4) is 0 Å². The zero-order valence-corrected chi connectivity index (χ0v) is 9.10. The SMILES string of the molecule is CC1=CC(OC(=O)N[C@@H]2CCOC2=O)OC1=O. The van der Waals surface area contributed by atoms with E-state index in [1.54, 1.807) is 6.92 Å². The van der Waals surface area contributed by atoms with Crippen molar-refractivity contribution >= 4 is 18.0 Å². The van der Waals surface area contributed by atoms with E-state index in [1.807, 2.05) is 0 Å². The molecule has 1 fully saturated rings. The molecule has 7 heteroatoms. The van der Waals surface area contributed by atoms with Gasteiger partial charge in [0.05, 0.1) is 6.61 Å². The van der Waals surface area contributed by atoms with Crippen LogP contribution in [0.3, 0.4) is 0 Å². The summed E-state index contributed by atoms with van der Waals surface area (Å²) >= 11 is 0. The van der Waals surface area contributed by atoms with Gasteiger partial charge in [0, 0.05) is 18.1 Å². The molecule has 0 aromatic rings. The Kier molecular flexibility index (Phi) is 2.99. The first-order valence-electron chi connectivity index (χ1n) is 5.09. The minimum atomic E-state index is -1.03. The van der Waals surface area contributed by atoms with Gasteiger partial charge in [-0.25, -0.2) is 14.4 Å².